The van der Waals surface area contributed by atoms with Crippen LogP contribution in [0.3, 0.4) is 0 Å². The van der Waals surface area contributed by atoms with E-state index in [2.05, 4.69) is 18.7 Å². The second-order valence-corrected chi connectivity index (χ2v) is 1.84. The van der Waals surface area contributed by atoms with E-state index in [4.69, 9.17) is 5.73 Å². The number of rotatable bonds is 4. The largest absolute Gasteiger partial charge is 0.378 e. The predicted molar refractivity (Wildman–Crippen MR) is 41.1 cm³/mol. The van der Waals surface area contributed by atoms with E-state index in [1.807, 2.05) is 12.3 Å². The van der Waals surface area contributed by atoms with Gasteiger partial charge in [0.1, 0.15) is 0 Å². The highest BCUT2D eigenvalue weighted by atomic mass is 15.1. The molecule has 0 aliphatic rings. The SMILES string of the molecule is CCN(C=CCN)CC. The van der Waals surface area contributed by atoms with E-state index in [1.165, 1.54) is 0 Å². The number of hydrogen-bond donors (Lipinski definition) is 1. The molecule has 2 N–H and O–H groups in total. The van der Waals surface area contributed by atoms with Gasteiger partial charge in [0.15, 0.2) is 0 Å². The Morgan fingerprint density at radius 3 is 2.22 bits per heavy atom. The monoisotopic (exact) mass is 128 g/mol. The van der Waals surface area contributed by atoms with Crippen molar-refractivity contribution in [2.45, 2.75) is 13.8 Å². The van der Waals surface area contributed by atoms with Crippen LogP contribution in [0.25, 0.3) is 0 Å². The fraction of sp³-hybridized carbons (Fsp3) is 0.714. The number of hydrogen-bond acceptors (Lipinski definition) is 2. The molecule has 0 bridgehead atoms. The molecule has 2 heteroatoms. The molecule has 0 heterocycles. The minimum Gasteiger partial charge on any atom is -0.378 e. The van der Waals surface area contributed by atoms with Crippen molar-refractivity contribution in [2.24, 2.45) is 5.73 Å². The van der Waals surface area contributed by atoms with E-state index in [0.717, 1.165) is 13.1 Å². The molecule has 0 spiro atoms. The van der Waals surface area contributed by atoms with Crippen molar-refractivity contribution in [1.82, 2.24) is 4.90 Å². The lowest BCUT2D eigenvalue weighted by Crippen LogP contribution is -2.15. The van der Waals surface area contributed by atoms with Gasteiger partial charge in [0, 0.05) is 19.6 Å². The van der Waals surface area contributed by atoms with Gasteiger partial charge in [-0.1, -0.05) is 6.08 Å². The summed E-state index contributed by atoms with van der Waals surface area (Å²) in [6.07, 6.45) is 4.01. The van der Waals surface area contributed by atoms with Gasteiger partial charge in [0.2, 0.25) is 0 Å². The smallest absolute Gasteiger partial charge is 0.0143 e. The first-order valence-electron chi connectivity index (χ1n) is 3.45. The molecule has 0 atom stereocenters. The van der Waals surface area contributed by atoms with Crippen molar-refractivity contribution < 1.29 is 0 Å². The molecule has 0 aliphatic carbocycles. The molecule has 0 radical (unpaired) electrons. The fourth-order valence-electron chi connectivity index (χ4n) is 0.644. The second kappa shape index (κ2) is 5.63. The van der Waals surface area contributed by atoms with E-state index >= 15 is 0 Å². The van der Waals surface area contributed by atoms with Gasteiger partial charge in [-0.25, -0.2) is 0 Å². The van der Waals surface area contributed by atoms with Crippen molar-refractivity contribution in [3.8, 4) is 0 Å². The van der Waals surface area contributed by atoms with Gasteiger partial charge in [0.25, 0.3) is 0 Å². The van der Waals surface area contributed by atoms with Crippen LogP contribution in [0.15, 0.2) is 12.3 Å². The maximum Gasteiger partial charge on any atom is 0.0143 e. The molecule has 0 aromatic carbocycles. The van der Waals surface area contributed by atoms with E-state index in [9.17, 15) is 0 Å². The van der Waals surface area contributed by atoms with Crippen LogP contribution < -0.4 is 5.73 Å². The van der Waals surface area contributed by atoms with Crippen LogP contribution in [-0.2, 0) is 0 Å². The molecule has 0 unspecified atom stereocenters. The third-order valence-corrected chi connectivity index (χ3v) is 1.26. The molecular formula is C7H16N2. The average molecular weight is 128 g/mol. The Labute approximate surface area is 57.3 Å². The number of nitrogens with two attached hydrogens (primary N) is 1. The van der Waals surface area contributed by atoms with Gasteiger partial charge in [-0.05, 0) is 20.0 Å². The molecule has 9 heavy (non-hydrogen) atoms. The molecule has 0 saturated carbocycles. The van der Waals surface area contributed by atoms with E-state index < -0.39 is 0 Å². The second-order valence-electron chi connectivity index (χ2n) is 1.84. The molecular weight excluding hydrogens is 112 g/mol. The summed E-state index contributed by atoms with van der Waals surface area (Å²) >= 11 is 0. The van der Waals surface area contributed by atoms with Crippen LogP contribution in [0.5, 0.6) is 0 Å². The average Bonchev–Trinajstić information content (AvgIpc) is 1.91. The van der Waals surface area contributed by atoms with Gasteiger partial charge in [-0.3, -0.25) is 0 Å². The third kappa shape index (κ3) is 4.03. The van der Waals surface area contributed by atoms with Crippen LogP contribution in [0.2, 0.25) is 0 Å². The van der Waals surface area contributed by atoms with E-state index in [0.29, 0.717) is 6.54 Å². The van der Waals surface area contributed by atoms with Gasteiger partial charge in [-0.2, -0.15) is 0 Å². The Bertz CT molecular complexity index is 75.0. The lowest BCUT2D eigenvalue weighted by atomic mass is 10.5. The normalized spacial score (nSPS) is 10.6. The minimum atomic E-state index is 0.635. The van der Waals surface area contributed by atoms with Crippen LogP contribution in [0.4, 0.5) is 0 Å². The molecule has 0 aliphatic heterocycles. The topological polar surface area (TPSA) is 29.3 Å². The highest BCUT2D eigenvalue weighted by Gasteiger charge is 1.85. The molecule has 0 aromatic heterocycles. The van der Waals surface area contributed by atoms with Gasteiger partial charge in [0.05, 0.1) is 0 Å². The Morgan fingerprint density at radius 2 is 1.89 bits per heavy atom. The summed E-state index contributed by atoms with van der Waals surface area (Å²) < 4.78 is 0. The van der Waals surface area contributed by atoms with E-state index in [1.54, 1.807) is 0 Å². The van der Waals surface area contributed by atoms with Gasteiger partial charge in [-0.15, -0.1) is 0 Å². The molecule has 0 fully saturated rings. The quantitative estimate of drug-likeness (QED) is 0.607. The summed E-state index contributed by atoms with van der Waals surface area (Å²) in [5.41, 5.74) is 5.27. The maximum atomic E-state index is 5.27. The van der Waals surface area contributed by atoms with Gasteiger partial charge < -0.3 is 10.6 Å². The molecule has 54 valence electrons. The summed E-state index contributed by atoms with van der Waals surface area (Å²) in [5.74, 6) is 0. The zero-order chi connectivity index (χ0) is 7.11. The minimum absolute atomic E-state index is 0.635. The first kappa shape index (κ1) is 8.50. The lowest BCUT2D eigenvalue weighted by molar-refractivity contribution is 0.418. The lowest BCUT2D eigenvalue weighted by Gasteiger charge is -2.13. The fourth-order valence-corrected chi connectivity index (χ4v) is 0.644. The third-order valence-electron chi connectivity index (χ3n) is 1.26. The molecule has 0 aromatic rings. The first-order valence-corrected chi connectivity index (χ1v) is 3.45. The highest BCUT2D eigenvalue weighted by Crippen LogP contribution is 1.85. The van der Waals surface area contributed by atoms with Crippen molar-refractivity contribution in [3.05, 3.63) is 12.3 Å². The Morgan fingerprint density at radius 1 is 1.33 bits per heavy atom. The Hall–Kier alpha value is -0.500. The number of nitrogens with zero attached hydrogens (tertiary/aromatic N) is 1. The van der Waals surface area contributed by atoms with Gasteiger partial charge >= 0.3 is 0 Å². The summed E-state index contributed by atoms with van der Waals surface area (Å²) in [4.78, 5) is 2.20. The molecule has 0 saturated heterocycles. The van der Waals surface area contributed by atoms with Crippen LogP contribution >= 0.6 is 0 Å². The van der Waals surface area contributed by atoms with Crippen molar-refractivity contribution in [2.75, 3.05) is 19.6 Å². The van der Waals surface area contributed by atoms with E-state index in [-0.39, 0.29) is 0 Å². The highest BCUT2D eigenvalue weighted by molar-refractivity contribution is 4.81. The summed E-state index contributed by atoms with van der Waals surface area (Å²) in [6, 6.07) is 0. The predicted octanol–water partition coefficient (Wildman–Crippen LogP) is 0.801. The van der Waals surface area contributed by atoms with Crippen molar-refractivity contribution in [3.63, 3.8) is 0 Å². The molecule has 0 rings (SSSR count). The van der Waals surface area contributed by atoms with Crippen LogP contribution in [-0.4, -0.2) is 24.5 Å². The molecule has 0 amide bonds. The van der Waals surface area contributed by atoms with Crippen molar-refractivity contribution >= 4 is 0 Å². The zero-order valence-corrected chi connectivity index (χ0v) is 6.30. The summed E-state index contributed by atoms with van der Waals surface area (Å²) in [7, 11) is 0. The van der Waals surface area contributed by atoms with Crippen LogP contribution in [0.1, 0.15) is 13.8 Å². The van der Waals surface area contributed by atoms with Crippen LogP contribution in [0, 0.1) is 0 Å². The Kier molecular flexibility index (Phi) is 5.32. The first-order chi connectivity index (χ1) is 4.35. The maximum absolute atomic E-state index is 5.27. The van der Waals surface area contributed by atoms with Crippen molar-refractivity contribution in [1.29, 1.82) is 0 Å². The summed E-state index contributed by atoms with van der Waals surface area (Å²) in [5, 5.41) is 0. The standard InChI is InChI=1S/C7H16N2/c1-3-9(4-2)7-5-6-8/h5,7H,3-4,6,8H2,1-2H3. The zero-order valence-electron chi connectivity index (χ0n) is 6.30. The molecule has 2 nitrogen and oxygen atoms in total. The summed E-state index contributed by atoms with van der Waals surface area (Å²) in [6.45, 7) is 7.02. The Balaban J connectivity index is 3.41.